The van der Waals surface area contributed by atoms with E-state index in [1.54, 1.807) is 26.3 Å². The summed E-state index contributed by atoms with van der Waals surface area (Å²) in [6.45, 7) is 2.86. The topological polar surface area (TPSA) is 69.1 Å². The molecule has 6 nitrogen and oxygen atoms in total. The van der Waals surface area contributed by atoms with E-state index in [0.717, 1.165) is 36.2 Å². The summed E-state index contributed by atoms with van der Waals surface area (Å²) >= 11 is 0. The molecule has 0 unspecified atom stereocenters. The Kier molecular flexibility index (Phi) is 7.61. The SMILES string of the molecule is CN=C(NCc1cc(OC)ccc1O)NC1CCN(C2CC2)CC1.I. The van der Waals surface area contributed by atoms with Crippen molar-refractivity contribution in [1.29, 1.82) is 0 Å². The smallest absolute Gasteiger partial charge is 0.191 e. The fourth-order valence-corrected chi connectivity index (χ4v) is 3.25. The van der Waals surface area contributed by atoms with E-state index in [-0.39, 0.29) is 29.7 Å². The molecule has 1 aliphatic heterocycles. The lowest BCUT2D eigenvalue weighted by molar-refractivity contribution is 0.197. The van der Waals surface area contributed by atoms with Gasteiger partial charge in [0.05, 0.1) is 7.11 Å². The Morgan fingerprint density at radius 2 is 2.00 bits per heavy atom. The van der Waals surface area contributed by atoms with Crippen LogP contribution in [0.4, 0.5) is 0 Å². The highest BCUT2D eigenvalue weighted by Crippen LogP contribution is 2.29. The van der Waals surface area contributed by atoms with Crippen molar-refractivity contribution < 1.29 is 9.84 Å². The quantitative estimate of drug-likeness (QED) is 0.358. The molecule has 2 fully saturated rings. The number of phenols is 1. The van der Waals surface area contributed by atoms with E-state index in [2.05, 4.69) is 20.5 Å². The Hall–Kier alpha value is -1.22. The number of hydrogen-bond donors (Lipinski definition) is 3. The Morgan fingerprint density at radius 1 is 1.28 bits per heavy atom. The van der Waals surface area contributed by atoms with Crippen molar-refractivity contribution in [1.82, 2.24) is 15.5 Å². The second kappa shape index (κ2) is 9.47. The zero-order valence-corrected chi connectivity index (χ0v) is 17.3. The zero-order valence-electron chi connectivity index (χ0n) is 15.0. The highest BCUT2D eigenvalue weighted by atomic mass is 127. The molecular formula is C18H29IN4O2. The molecule has 0 atom stereocenters. The van der Waals surface area contributed by atoms with Gasteiger partial charge in [-0.25, -0.2) is 0 Å². The molecule has 1 saturated heterocycles. The van der Waals surface area contributed by atoms with Crippen LogP contribution < -0.4 is 15.4 Å². The lowest BCUT2D eigenvalue weighted by Crippen LogP contribution is -2.48. The first-order chi connectivity index (χ1) is 11.7. The Morgan fingerprint density at radius 3 is 2.60 bits per heavy atom. The number of likely N-dealkylation sites (tertiary alicyclic amines) is 1. The second-order valence-corrected chi connectivity index (χ2v) is 6.61. The number of nitrogens with one attached hydrogen (secondary N) is 2. The molecule has 1 aliphatic carbocycles. The van der Waals surface area contributed by atoms with Gasteiger partial charge in [0.15, 0.2) is 5.96 Å². The van der Waals surface area contributed by atoms with E-state index in [4.69, 9.17) is 4.74 Å². The fourth-order valence-electron chi connectivity index (χ4n) is 3.25. The van der Waals surface area contributed by atoms with Crippen molar-refractivity contribution in [3.63, 3.8) is 0 Å². The predicted molar refractivity (Wildman–Crippen MR) is 111 cm³/mol. The van der Waals surface area contributed by atoms with Crippen molar-refractivity contribution in [2.45, 2.75) is 44.3 Å². The summed E-state index contributed by atoms with van der Waals surface area (Å²) in [5.74, 6) is 1.78. The summed E-state index contributed by atoms with van der Waals surface area (Å²) in [7, 11) is 3.40. The monoisotopic (exact) mass is 460 g/mol. The first-order valence-electron chi connectivity index (χ1n) is 8.76. The molecule has 2 aliphatic rings. The highest BCUT2D eigenvalue weighted by Gasteiger charge is 2.31. The predicted octanol–water partition coefficient (Wildman–Crippen LogP) is 2.31. The number of guanidine groups is 1. The molecule has 0 aromatic heterocycles. The number of rotatable bonds is 5. The molecule has 25 heavy (non-hydrogen) atoms. The lowest BCUT2D eigenvalue weighted by atomic mass is 10.1. The molecule has 1 aromatic rings. The van der Waals surface area contributed by atoms with E-state index < -0.39 is 0 Å². The van der Waals surface area contributed by atoms with E-state index in [0.29, 0.717) is 12.6 Å². The average molecular weight is 460 g/mol. The van der Waals surface area contributed by atoms with Gasteiger partial charge in [-0.2, -0.15) is 0 Å². The Bertz CT molecular complexity index is 584. The van der Waals surface area contributed by atoms with Crippen LogP contribution in [0, 0.1) is 0 Å². The molecule has 1 aromatic carbocycles. The minimum Gasteiger partial charge on any atom is -0.508 e. The van der Waals surface area contributed by atoms with Crippen LogP contribution in [0.5, 0.6) is 11.5 Å². The molecule has 3 rings (SSSR count). The van der Waals surface area contributed by atoms with Crippen molar-refractivity contribution in [2.75, 3.05) is 27.2 Å². The molecule has 1 saturated carbocycles. The lowest BCUT2D eigenvalue weighted by Gasteiger charge is -2.33. The van der Waals surface area contributed by atoms with Crippen LogP contribution in [0.25, 0.3) is 0 Å². The molecule has 0 radical (unpaired) electrons. The maximum absolute atomic E-state index is 9.96. The molecule has 0 spiro atoms. The number of methoxy groups -OCH3 is 1. The number of aliphatic imine (C=N–C) groups is 1. The number of halogens is 1. The molecule has 0 bridgehead atoms. The van der Waals surface area contributed by atoms with Crippen molar-refractivity contribution in [2.24, 2.45) is 4.99 Å². The number of nitrogens with zero attached hydrogens (tertiary/aromatic N) is 2. The maximum atomic E-state index is 9.96. The van der Waals surface area contributed by atoms with Gasteiger partial charge >= 0.3 is 0 Å². The summed E-state index contributed by atoms with van der Waals surface area (Å²) in [6, 6.07) is 6.56. The van der Waals surface area contributed by atoms with E-state index in [1.165, 1.54) is 25.9 Å². The van der Waals surface area contributed by atoms with Gasteiger partial charge in [-0.3, -0.25) is 4.99 Å². The standard InChI is InChI=1S/C18H28N4O2.HI/c1-19-18(20-12-13-11-16(24-2)5-6-17(13)23)21-14-7-9-22(10-8-14)15-3-4-15;/h5-6,11,14-15,23H,3-4,7-10,12H2,1-2H3,(H2,19,20,21);1H. The van der Waals surface area contributed by atoms with E-state index >= 15 is 0 Å². The third-order valence-electron chi connectivity index (χ3n) is 4.89. The average Bonchev–Trinajstić information content (AvgIpc) is 3.45. The van der Waals surface area contributed by atoms with Gasteiger partial charge in [0.25, 0.3) is 0 Å². The molecule has 140 valence electrons. The third-order valence-corrected chi connectivity index (χ3v) is 4.89. The Labute approximate surface area is 167 Å². The maximum Gasteiger partial charge on any atom is 0.191 e. The van der Waals surface area contributed by atoms with Gasteiger partial charge in [0, 0.05) is 44.3 Å². The second-order valence-electron chi connectivity index (χ2n) is 6.61. The van der Waals surface area contributed by atoms with Crippen LogP contribution >= 0.6 is 24.0 Å². The molecular weight excluding hydrogens is 431 g/mol. The van der Waals surface area contributed by atoms with Crippen LogP contribution in [-0.4, -0.2) is 55.3 Å². The summed E-state index contributed by atoms with van der Waals surface area (Å²) in [5.41, 5.74) is 0.792. The van der Waals surface area contributed by atoms with Gasteiger partial charge in [0.2, 0.25) is 0 Å². The van der Waals surface area contributed by atoms with Gasteiger partial charge in [-0.15, -0.1) is 24.0 Å². The van der Waals surface area contributed by atoms with Crippen molar-refractivity contribution >= 4 is 29.9 Å². The zero-order chi connectivity index (χ0) is 16.9. The number of aromatic hydroxyl groups is 1. The molecule has 0 amide bonds. The summed E-state index contributed by atoms with van der Waals surface area (Å²) < 4.78 is 5.21. The highest BCUT2D eigenvalue weighted by molar-refractivity contribution is 14.0. The third kappa shape index (κ3) is 5.64. The minimum absolute atomic E-state index is 0. The molecule has 7 heteroatoms. The number of phenolic OH excluding ortho intramolecular Hbond substituents is 1. The number of benzene rings is 1. The first kappa shape index (κ1) is 20.1. The van der Waals surface area contributed by atoms with Crippen molar-refractivity contribution in [3.8, 4) is 11.5 Å². The van der Waals surface area contributed by atoms with Crippen LogP contribution in [0.1, 0.15) is 31.2 Å². The Balaban J connectivity index is 0.00000225. The first-order valence-corrected chi connectivity index (χ1v) is 8.76. The van der Waals surface area contributed by atoms with Crippen LogP contribution in [0.15, 0.2) is 23.2 Å². The molecule has 3 N–H and O–H groups in total. The molecule has 1 heterocycles. The van der Waals surface area contributed by atoms with Gasteiger partial charge < -0.3 is 25.4 Å². The number of ether oxygens (including phenoxy) is 1. The number of piperidine rings is 1. The minimum atomic E-state index is 0. The van der Waals surface area contributed by atoms with Gasteiger partial charge in [0.1, 0.15) is 11.5 Å². The van der Waals surface area contributed by atoms with Gasteiger partial charge in [-0.1, -0.05) is 0 Å². The van der Waals surface area contributed by atoms with E-state index in [9.17, 15) is 5.11 Å². The number of hydrogen-bond acceptors (Lipinski definition) is 4. The van der Waals surface area contributed by atoms with Crippen molar-refractivity contribution in [3.05, 3.63) is 23.8 Å². The largest absolute Gasteiger partial charge is 0.508 e. The van der Waals surface area contributed by atoms with Gasteiger partial charge in [-0.05, 0) is 43.9 Å². The van der Waals surface area contributed by atoms with Crippen LogP contribution in [0.3, 0.4) is 0 Å². The summed E-state index contributed by atoms with van der Waals surface area (Å²) in [5, 5.41) is 16.7. The summed E-state index contributed by atoms with van der Waals surface area (Å²) in [4.78, 5) is 6.92. The van der Waals surface area contributed by atoms with Crippen LogP contribution in [0.2, 0.25) is 0 Å². The fraction of sp³-hybridized carbons (Fsp3) is 0.611. The normalized spacial score (nSPS) is 19.2. The van der Waals surface area contributed by atoms with Crippen LogP contribution in [-0.2, 0) is 6.54 Å². The summed E-state index contributed by atoms with van der Waals surface area (Å²) in [6.07, 6.45) is 5.07. The van der Waals surface area contributed by atoms with E-state index in [1.807, 2.05) is 6.07 Å².